The molecule has 0 aliphatic carbocycles. The number of anilines is 1. The molecule has 4 aromatic rings. The smallest absolute Gasteiger partial charge is 0.264 e. The van der Waals surface area contributed by atoms with Gasteiger partial charge < -0.3 is 10.2 Å². The van der Waals surface area contributed by atoms with Crippen molar-refractivity contribution >= 4 is 66.7 Å². The number of nitrogens with one attached hydrogen (secondary N) is 1. The molecule has 0 saturated heterocycles. The van der Waals surface area contributed by atoms with Crippen LogP contribution in [0.3, 0.4) is 0 Å². The molecule has 11 heteroatoms. The second-order valence-electron chi connectivity index (χ2n) is 10.9. The third kappa shape index (κ3) is 9.35. The maximum Gasteiger partial charge on any atom is 0.264 e. The first-order chi connectivity index (χ1) is 22.0. The molecular weight excluding hydrogens is 709 g/mol. The van der Waals surface area contributed by atoms with E-state index < -0.39 is 28.5 Å². The average Bonchev–Trinajstić information content (AvgIpc) is 3.03. The number of nitrogens with zero attached hydrogens (tertiary/aromatic N) is 2. The van der Waals surface area contributed by atoms with E-state index in [1.165, 1.54) is 29.2 Å². The summed E-state index contributed by atoms with van der Waals surface area (Å²) in [5.74, 6) is -0.910. The zero-order valence-corrected chi connectivity index (χ0v) is 29.5. The quantitative estimate of drug-likeness (QED) is 0.134. The van der Waals surface area contributed by atoms with Crippen LogP contribution in [0, 0.1) is 6.92 Å². The standard InChI is InChI=1S/C35H36BrCl2N3O4S/c1-3-4-19-39-35(43)33(21-26-9-6-5-7-10-26)40(23-27-11-8-12-28(36)20-27)34(42)24-41(32-22-29(37)15-18-31(32)38)46(44,45)30-16-13-25(2)14-17-30/h5-18,20,22,33H,3-4,19,21,23-24H2,1-2H3,(H,39,43)/t33-/m0/s1. The van der Waals surface area contributed by atoms with Crippen molar-refractivity contribution < 1.29 is 18.0 Å². The number of carbonyl (C=O) groups excluding carboxylic acids is 2. The van der Waals surface area contributed by atoms with Gasteiger partial charge in [0.15, 0.2) is 0 Å². The highest BCUT2D eigenvalue weighted by Crippen LogP contribution is 2.33. The van der Waals surface area contributed by atoms with E-state index in [4.69, 9.17) is 23.2 Å². The number of hydrogen-bond acceptors (Lipinski definition) is 4. The van der Waals surface area contributed by atoms with Gasteiger partial charge in [-0.15, -0.1) is 0 Å². The van der Waals surface area contributed by atoms with Gasteiger partial charge >= 0.3 is 0 Å². The summed E-state index contributed by atoms with van der Waals surface area (Å²) in [5.41, 5.74) is 2.54. The molecule has 2 amide bonds. The van der Waals surface area contributed by atoms with Gasteiger partial charge in [-0.25, -0.2) is 8.42 Å². The number of sulfonamides is 1. The molecule has 0 aliphatic heterocycles. The number of hydrogen-bond donors (Lipinski definition) is 1. The molecule has 0 radical (unpaired) electrons. The molecule has 7 nitrogen and oxygen atoms in total. The van der Waals surface area contributed by atoms with Crippen LogP contribution < -0.4 is 9.62 Å². The molecule has 0 aromatic heterocycles. The van der Waals surface area contributed by atoms with E-state index in [-0.39, 0.29) is 39.5 Å². The monoisotopic (exact) mass is 743 g/mol. The van der Waals surface area contributed by atoms with Crippen molar-refractivity contribution in [3.63, 3.8) is 0 Å². The Labute approximate surface area is 289 Å². The SMILES string of the molecule is CCCCNC(=O)[C@H](Cc1ccccc1)N(Cc1cccc(Br)c1)C(=O)CN(c1cc(Cl)ccc1Cl)S(=O)(=O)c1ccc(C)cc1. The molecule has 0 unspecified atom stereocenters. The Morgan fingerprint density at radius 3 is 2.26 bits per heavy atom. The summed E-state index contributed by atoms with van der Waals surface area (Å²) < 4.78 is 30.2. The first-order valence-corrected chi connectivity index (χ1v) is 17.9. The number of unbranched alkanes of at least 4 members (excludes halogenated alkanes) is 1. The van der Waals surface area contributed by atoms with E-state index >= 15 is 0 Å². The average molecular weight is 746 g/mol. The molecule has 1 atom stereocenters. The number of benzene rings is 4. The normalized spacial score (nSPS) is 11.9. The molecule has 1 N–H and O–H groups in total. The van der Waals surface area contributed by atoms with E-state index in [0.717, 1.165) is 38.3 Å². The number of carbonyl (C=O) groups is 2. The van der Waals surface area contributed by atoms with Crippen LogP contribution >= 0.6 is 39.1 Å². The van der Waals surface area contributed by atoms with Gasteiger partial charge in [0.25, 0.3) is 10.0 Å². The molecule has 0 spiro atoms. The zero-order chi connectivity index (χ0) is 33.3. The lowest BCUT2D eigenvalue weighted by Crippen LogP contribution is -2.53. The fraction of sp³-hybridized carbons (Fsp3) is 0.257. The Kier molecular flexibility index (Phi) is 12.7. The summed E-state index contributed by atoms with van der Waals surface area (Å²) in [5, 5.41) is 3.34. The highest BCUT2D eigenvalue weighted by atomic mass is 79.9. The van der Waals surface area contributed by atoms with Gasteiger partial charge in [-0.05, 0) is 66.9 Å². The van der Waals surface area contributed by atoms with E-state index in [9.17, 15) is 18.0 Å². The molecule has 242 valence electrons. The lowest BCUT2D eigenvalue weighted by Gasteiger charge is -2.34. The largest absolute Gasteiger partial charge is 0.354 e. The maximum absolute atomic E-state index is 14.6. The van der Waals surface area contributed by atoms with Crippen LogP contribution in [-0.4, -0.2) is 44.3 Å². The molecule has 0 aliphatic rings. The zero-order valence-electron chi connectivity index (χ0n) is 25.6. The Morgan fingerprint density at radius 2 is 1.59 bits per heavy atom. The summed E-state index contributed by atoms with van der Waals surface area (Å²) in [7, 11) is -4.31. The van der Waals surface area contributed by atoms with E-state index in [1.807, 2.05) is 68.4 Å². The van der Waals surface area contributed by atoms with Crippen molar-refractivity contribution in [1.82, 2.24) is 10.2 Å². The van der Waals surface area contributed by atoms with Crippen molar-refractivity contribution in [3.8, 4) is 0 Å². The molecule has 0 heterocycles. The number of halogens is 3. The molecule has 0 saturated carbocycles. The van der Waals surface area contributed by atoms with Crippen molar-refractivity contribution in [1.29, 1.82) is 0 Å². The lowest BCUT2D eigenvalue weighted by atomic mass is 10.0. The summed E-state index contributed by atoms with van der Waals surface area (Å²) >= 11 is 16.4. The summed E-state index contributed by atoms with van der Waals surface area (Å²) in [4.78, 5) is 29.8. The van der Waals surface area contributed by atoms with E-state index in [1.54, 1.807) is 18.2 Å². The highest BCUT2D eigenvalue weighted by molar-refractivity contribution is 9.10. The minimum absolute atomic E-state index is 0.0152. The summed E-state index contributed by atoms with van der Waals surface area (Å²) in [6.45, 7) is 3.76. The van der Waals surface area contributed by atoms with Gasteiger partial charge in [-0.1, -0.05) is 113 Å². The van der Waals surface area contributed by atoms with Crippen LogP contribution in [-0.2, 0) is 32.6 Å². The number of aryl methyl sites for hydroxylation is 1. The van der Waals surface area contributed by atoms with Crippen LogP contribution in [0.1, 0.15) is 36.5 Å². The fourth-order valence-electron chi connectivity index (χ4n) is 4.92. The minimum atomic E-state index is -4.31. The Balaban J connectivity index is 1.82. The van der Waals surface area contributed by atoms with Crippen LogP contribution in [0.15, 0.2) is 106 Å². The third-order valence-electron chi connectivity index (χ3n) is 7.41. The molecule has 0 bridgehead atoms. The summed E-state index contributed by atoms with van der Waals surface area (Å²) in [6.07, 6.45) is 1.89. The van der Waals surface area contributed by atoms with Crippen molar-refractivity contribution in [2.45, 2.75) is 50.6 Å². The van der Waals surface area contributed by atoms with Gasteiger partial charge in [0.1, 0.15) is 12.6 Å². The number of amides is 2. The van der Waals surface area contributed by atoms with Gasteiger partial charge in [0.2, 0.25) is 11.8 Å². The molecular formula is C35H36BrCl2N3O4S. The predicted octanol–water partition coefficient (Wildman–Crippen LogP) is 7.82. The molecule has 4 aromatic carbocycles. The van der Waals surface area contributed by atoms with Crippen LogP contribution in [0.25, 0.3) is 0 Å². The fourth-order valence-corrected chi connectivity index (χ4v) is 7.23. The lowest BCUT2D eigenvalue weighted by molar-refractivity contribution is -0.140. The summed E-state index contributed by atoms with van der Waals surface area (Å²) in [6, 6.07) is 26.7. The minimum Gasteiger partial charge on any atom is -0.354 e. The van der Waals surface area contributed by atoms with Gasteiger partial charge in [0.05, 0.1) is 15.6 Å². The Hall–Kier alpha value is -3.37. The predicted molar refractivity (Wildman–Crippen MR) is 189 cm³/mol. The van der Waals surface area contributed by atoms with E-state index in [2.05, 4.69) is 21.2 Å². The van der Waals surface area contributed by atoms with Crippen molar-refractivity contribution in [2.75, 3.05) is 17.4 Å². The Bertz CT molecular complexity index is 1760. The van der Waals surface area contributed by atoms with Gasteiger partial charge in [-0.3, -0.25) is 13.9 Å². The van der Waals surface area contributed by atoms with Gasteiger partial charge in [-0.2, -0.15) is 0 Å². The Morgan fingerprint density at radius 1 is 0.891 bits per heavy atom. The second kappa shape index (κ2) is 16.5. The third-order valence-corrected chi connectivity index (χ3v) is 10.2. The van der Waals surface area contributed by atoms with Crippen molar-refractivity contribution in [2.24, 2.45) is 0 Å². The van der Waals surface area contributed by atoms with E-state index in [0.29, 0.717) is 6.54 Å². The first-order valence-electron chi connectivity index (χ1n) is 14.9. The molecule has 4 rings (SSSR count). The second-order valence-corrected chi connectivity index (χ2v) is 14.5. The number of rotatable bonds is 14. The first kappa shape index (κ1) is 35.5. The van der Waals surface area contributed by atoms with Crippen LogP contribution in [0.2, 0.25) is 10.0 Å². The molecule has 46 heavy (non-hydrogen) atoms. The van der Waals surface area contributed by atoms with Gasteiger partial charge in [0, 0.05) is 29.0 Å². The molecule has 0 fully saturated rings. The maximum atomic E-state index is 14.6. The van der Waals surface area contributed by atoms with Crippen LogP contribution in [0.4, 0.5) is 5.69 Å². The topological polar surface area (TPSA) is 86.8 Å². The van der Waals surface area contributed by atoms with Crippen molar-refractivity contribution in [3.05, 3.63) is 128 Å². The van der Waals surface area contributed by atoms with Crippen LogP contribution in [0.5, 0.6) is 0 Å². The highest BCUT2D eigenvalue weighted by Gasteiger charge is 2.35.